The molecule has 1 aliphatic rings. The number of hydrogen-bond acceptors (Lipinski definition) is 16. The number of methoxy groups -OCH3 is 2. The molecule has 0 saturated carbocycles. The molecule has 0 aliphatic carbocycles. The summed E-state index contributed by atoms with van der Waals surface area (Å²) < 4.78 is 27.2. The third-order valence-corrected chi connectivity index (χ3v) is 7.28. The number of carbonyl (C=O) groups is 1. The minimum Gasteiger partial charge on any atom is -0.508 e. The summed E-state index contributed by atoms with van der Waals surface area (Å²) in [5, 5.41) is 71.8. The molecule has 0 unspecified atom stereocenters. The van der Waals surface area contributed by atoms with Crippen molar-refractivity contribution < 1.29 is 73.7 Å². The number of aliphatic hydroxyl groups excluding tert-OH is 3. The van der Waals surface area contributed by atoms with Gasteiger partial charge >= 0.3 is 5.97 Å². The van der Waals surface area contributed by atoms with Crippen molar-refractivity contribution in [2.24, 2.45) is 0 Å². The van der Waals surface area contributed by atoms with Crippen LogP contribution in [0.4, 0.5) is 0 Å². The van der Waals surface area contributed by atoms with Gasteiger partial charge in [-0.25, -0.2) is 4.79 Å². The molecule has 0 radical (unpaired) electrons. The molecule has 0 bridgehead atoms. The maximum Gasteiger partial charge on any atom is 0.365 e. The van der Waals surface area contributed by atoms with E-state index < -0.39 is 77.1 Å². The topological polar surface area (TPSA) is 244 Å². The van der Waals surface area contributed by atoms with E-state index in [0.29, 0.717) is 5.56 Å². The van der Waals surface area contributed by atoms with Crippen molar-refractivity contribution in [3.63, 3.8) is 0 Å². The van der Waals surface area contributed by atoms with Crippen molar-refractivity contribution in [3.05, 3.63) is 70.4 Å². The number of aliphatic hydroxyl groups is 3. The van der Waals surface area contributed by atoms with E-state index in [1.807, 2.05) is 0 Å². The molecule has 254 valence electrons. The first-order chi connectivity index (χ1) is 22.9. The van der Waals surface area contributed by atoms with E-state index >= 15 is 0 Å². The van der Waals surface area contributed by atoms with Crippen molar-refractivity contribution in [1.82, 2.24) is 0 Å². The second-order valence-corrected chi connectivity index (χ2v) is 10.4. The van der Waals surface area contributed by atoms with Crippen LogP contribution in [-0.4, -0.2) is 93.2 Å². The Kier molecular flexibility index (Phi) is 9.92. The number of benzene rings is 3. The molecule has 0 amide bonds. The number of aromatic hydroxyl groups is 4. The fourth-order valence-corrected chi connectivity index (χ4v) is 4.81. The van der Waals surface area contributed by atoms with E-state index in [0.717, 1.165) is 19.3 Å². The summed E-state index contributed by atoms with van der Waals surface area (Å²) in [4.78, 5) is 35.5. The molecule has 2 heterocycles. The highest BCUT2D eigenvalue weighted by Gasteiger charge is 2.46. The van der Waals surface area contributed by atoms with Crippen LogP contribution in [0, 0.1) is 0 Å². The lowest BCUT2D eigenvalue weighted by Crippen LogP contribution is -2.60. The molecule has 1 aliphatic heterocycles. The Morgan fingerprint density at radius 2 is 1.60 bits per heavy atom. The Morgan fingerprint density at radius 3 is 2.29 bits per heavy atom. The lowest BCUT2D eigenvalue weighted by atomic mass is 9.99. The number of hydrogen-bond donors (Lipinski definition) is 7. The molecule has 3 aromatic carbocycles. The summed E-state index contributed by atoms with van der Waals surface area (Å²) in [5.41, 5.74) is -0.629. The third-order valence-electron chi connectivity index (χ3n) is 7.28. The van der Waals surface area contributed by atoms with Crippen molar-refractivity contribution >= 4 is 23.0 Å². The maximum atomic E-state index is 13.8. The summed E-state index contributed by atoms with van der Waals surface area (Å²) in [6.07, 6.45) is -6.64. The van der Waals surface area contributed by atoms with E-state index in [1.165, 1.54) is 55.7 Å². The van der Waals surface area contributed by atoms with Crippen LogP contribution in [0.2, 0.25) is 0 Å². The minimum atomic E-state index is -1.95. The van der Waals surface area contributed by atoms with Gasteiger partial charge in [0.2, 0.25) is 23.2 Å². The minimum absolute atomic E-state index is 0.0992. The van der Waals surface area contributed by atoms with Crippen molar-refractivity contribution in [3.8, 4) is 51.6 Å². The number of fused-ring (bicyclic) bond motifs is 1. The molecule has 1 fully saturated rings. The van der Waals surface area contributed by atoms with E-state index in [9.17, 15) is 45.3 Å². The standard InChI is InChI=1S/C32H30O16/c1-42-19-11-14(3-9-17(19)34)4-10-22(36)48-44-13-21-24(37)27(40)28(41)32(46-21)47-31-26(39)23-20(12-18(35)30(43-2)25(23)38)45-29(31)15-5-7-16(33)8-6-15/h3-12,21,24,27-28,32-35,37-38,40-41H,13H2,1-2H3/b10-4+/t21-,24-,27+,28-,32+/m1/s1. The molecule has 1 aromatic heterocycles. The highest BCUT2D eigenvalue weighted by Crippen LogP contribution is 2.43. The van der Waals surface area contributed by atoms with Gasteiger partial charge in [0.25, 0.3) is 0 Å². The lowest BCUT2D eigenvalue weighted by Gasteiger charge is -2.39. The summed E-state index contributed by atoms with van der Waals surface area (Å²) in [5.74, 6) is -3.70. The Morgan fingerprint density at radius 1 is 0.875 bits per heavy atom. The molecular weight excluding hydrogens is 640 g/mol. The van der Waals surface area contributed by atoms with Gasteiger partial charge in [0.05, 0.1) is 14.2 Å². The van der Waals surface area contributed by atoms with Crippen LogP contribution in [0.1, 0.15) is 5.56 Å². The van der Waals surface area contributed by atoms with Gasteiger partial charge in [0.1, 0.15) is 47.7 Å². The highest BCUT2D eigenvalue weighted by atomic mass is 17.2. The Bertz CT molecular complexity index is 1880. The zero-order valence-corrected chi connectivity index (χ0v) is 25.2. The first-order valence-corrected chi connectivity index (χ1v) is 14.1. The summed E-state index contributed by atoms with van der Waals surface area (Å²) in [6.45, 7) is -0.675. The SMILES string of the molecule is COc1cc(/C=C/C(=O)OOC[C@H]2O[C@@H](Oc3c(-c4ccc(O)cc4)oc4cc(O)c(OC)c(O)c4c3=O)[C@H](O)[C@@H](O)[C@@H]2O)ccc1O. The van der Waals surface area contributed by atoms with E-state index in [4.69, 9.17) is 28.3 Å². The van der Waals surface area contributed by atoms with Gasteiger partial charge in [-0.05, 0) is 48.0 Å². The molecular formula is C32H30O16. The average molecular weight is 671 g/mol. The smallest absolute Gasteiger partial charge is 0.365 e. The maximum absolute atomic E-state index is 13.8. The normalized spacial score (nSPS) is 20.9. The van der Waals surface area contributed by atoms with Crippen molar-refractivity contribution in [2.45, 2.75) is 30.7 Å². The molecule has 5 rings (SSSR count). The monoisotopic (exact) mass is 670 g/mol. The Labute approximate surface area is 270 Å². The fourth-order valence-electron chi connectivity index (χ4n) is 4.81. The number of phenolic OH excluding ortho intramolecular Hbond substituents is 4. The van der Waals surface area contributed by atoms with Crippen LogP contribution in [-0.2, 0) is 19.3 Å². The van der Waals surface area contributed by atoms with E-state index in [2.05, 4.69) is 4.89 Å². The molecule has 5 atom stereocenters. The third kappa shape index (κ3) is 6.78. The summed E-state index contributed by atoms with van der Waals surface area (Å²) >= 11 is 0. The molecule has 48 heavy (non-hydrogen) atoms. The number of rotatable bonds is 10. The molecule has 16 nitrogen and oxygen atoms in total. The quantitative estimate of drug-likeness (QED) is 0.0721. The van der Waals surface area contributed by atoms with Gasteiger partial charge in [0.15, 0.2) is 28.8 Å². The Hall–Kier alpha value is -5.52. The molecule has 0 spiro atoms. The lowest BCUT2D eigenvalue weighted by molar-refractivity contribution is -0.322. The molecule has 16 heteroatoms. The fraction of sp³-hybridized carbons (Fsp3) is 0.250. The summed E-state index contributed by atoms with van der Waals surface area (Å²) in [7, 11) is 2.50. The van der Waals surface area contributed by atoms with Gasteiger partial charge in [-0.1, -0.05) is 6.07 Å². The molecule has 7 N–H and O–H groups in total. The first-order valence-electron chi connectivity index (χ1n) is 14.1. The Balaban J connectivity index is 1.38. The van der Waals surface area contributed by atoms with Crippen LogP contribution in [0.15, 0.2) is 63.8 Å². The predicted molar refractivity (Wildman–Crippen MR) is 163 cm³/mol. The number of ether oxygens (including phenoxy) is 4. The van der Waals surface area contributed by atoms with Gasteiger partial charge in [0, 0.05) is 17.7 Å². The summed E-state index contributed by atoms with van der Waals surface area (Å²) in [6, 6.07) is 10.7. The largest absolute Gasteiger partial charge is 0.508 e. The predicted octanol–water partition coefficient (Wildman–Crippen LogP) is 1.67. The van der Waals surface area contributed by atoms with Crippen LogP contribution < -0.4 is 19.6 Å². The number of carbonyl (C=O) groups excluding carboxylic acids is 1. The van der Waals surface area contributed by atoms with Crippen molar-refractivity contribution in [2.75, 3.05) is 20.8 Å². The zero-order chi connectivity index (χ0) is 34.7. The molecule has 4 aromatic rings. The van der Waals surface area contributed by atoms with Gasteiger partial charge in [-0.3, -0.25) is 9.68 Å². The van der Waals surface area contributed by atoms with Crippen LogP contribution in [0.3, 0.4) is 0 Å². The average Bonchev–Trinajstić information content (AvgIpc) is 3.06. The first kappa shape index (κ1) is 33.8. The van der Waals surface area contributed by atoms with Gasteiger partial charge < -0.3 is 59.1 Å². The second kappa shape index (κ2) is 14.1. The van der Waals surface area contributed by atoms with E-state index in [1.54, 1.807) is 0 Å². The highest BCUT2D eigenvalue weighted by molar-refractivity contribution is 5.91. The second-order valence-electron chi connectivity index (χ2n) is 10.4. The molecule has 1 saturated heterocycles. The van der Waals surface area contributed by atoms with E-state index in [-0.39, 0.29) is 34.2 Å². The number of phenols is 4. The van der Waals surface area contributed by atoms with Gasteiger partial charge in [-0.15, -0.1) is 0 Å². The van der Waals surface area contributed by atoms with Crippen LogP contribution >= 0.6 is 0 Å². The van der Waals surface area contributed by atoms with Gasteiger partial charge in [-0.2, -0.15) is 4.89 Å². The zero-order valence-electron chi connectivity index (χ0n) is 25.2. The van der Waals surface area contributed by atoms with Crippen LogP contribution in [0.25, 0.3) is 28.4 Å². The van der Waals surface area contributed by atoms with Crippen molar-refractivity contribution in [1.29, 1.82) is 0 Å². The van der Waals surface area contributed by atoms with Crippen LogP contribution in [0.5, 0.6) is 40.2 Å².